The Kier molecular flexibility index (Phi) is 4.81. The normalized spacial score (nSPS) is 12.6. The van der Waals surface area contributed by atoms with Crippen molar-refractivity contribution in [2.45, 2.75) is 32.6 Å². The number of amides is 1. The lowest BCUT2D eigenvalue weighted by molar-refractivity contribution is -0.116. The molecule has 1 unspecified atom stereocenters. The van der Waals surface area contributed by atoms with E-state index < -0.39 is 0 Å². The molecule has 1 rings (SSSR count). The number of carbonyl (C=O) groups is 1. The van der Waals surface area contributed by atoms with Crippen LogP contribution in [0, 0.1) is 5.92 Å². The minimum atomic E-state index is -0.101. The van der Waals surface area contributed by atoms with Crippen molar-refractivity contribution < 1.29 is 4.79 Å². The topological polar surface area (TPSA) is 29.1 Å². The van der Waals surface area contributed by atoms with E-state index >= 15 is 0 Å². The molecule has 1 atom stereocenters. The molecule has 0 aliphatic heterocycles. The second kappa shape index (κ2) is 5.90. The van der Waals surface area contributed by atoms with Crippen molar-refractivity contribution in [2.24, 2.45) is 5.92 Å². The van der Waals surface area contributed by atoms with Crippen molar-refractivity contribution in [3.8, 4) is 0 Å². The number of anilines is 1. The third-order valence-electron chi connectivity index (χ3n) is 2.26. The summed E-state index contributed by atoms with van der Waals surface area (Å²) in [5, 5.41) is 2.80. The Morgan fingerprint density at radius 3 is 2.50 bits per heavy atom. The Labute approximate surface area is 102 Å². The highest BCUT2D eigenvalue weighted by Gasteiger charge is 2.10. The van der Waals surface area contributed by atoms with Crippen LogP contribution in [-0.4, -0.2) is 5.91 Å². The van der Waals surface area contributed by atoms with Crippen molar-refractivity contribution in [3.05, 3.63) is 29.8 Å². The van der Waals surface area contributed by atoms with Crippen molar-refractivity contribution in [3.63, 3.8) is 0 Å². The molecule has 88 valence electrons. The number of benzene rings is 1. The first-order valence-electron chi connectivity index (χ1n) is 5.53. The lowest BCUT2D eigenvalue weighted by Gasteiger charge is -2.13. The van der Waals surface area contributed by atoms with E-state index in [1.54, 1.807) is 0 Å². The molecule has 1 amide bonds. The van der Waals surface area contributed by atoms with Gasteiger partial charge >= 0.3 is 0 Å². The molecule has 0 spiro atoms. The predicted octanol–water partition coefficient (Wildman–Crippen LogP) is 3.97. The second-order valence-corrected chi connectivity index (χ2v) is 5.00. The predicted molar refractivity (Wildman–Crippen MR) is 68.8 cm³/mol. The molecule has 2 nitrogen and oxygen atoms in total. The largest absolute Gasteiger partial charge is 0.326 e. The third kappa shape index (κ3) is 3.86. The number of halogens is 1. The summed E-state index contributed by atoms with van der Waals surface area (Å²) in [6.45, 7) is 5.94. The van der Waals surface area contributed by atoms with Crippen LogP contribution in [0.15, 0.2) is 24.3 Å². The fourth-order valence-corrected chi connectivity index (χ4v) is 1.72. The minimum absolute atomic E-state index is 0.0415. The van der Waals surface area contributed by atoms with Gasteiger partial charge in [-0.25, -0.2) is 0 Å². The summed E-state index contributed by atoms with van der Waals surface area (Å²) in [7, 11) is 0. The van der Waals surface area contributed by atoms with Gasteiger partial charge in [0.25, 0.3) is 0 Å². The number of hydrogen-bond donors (Lipinski definition) is 1. The van der Waals surface area contributed by atoms with Crippen molar-refractivity contribution in [2.75, 3.05) is 5.32 Å². The van der Waals surface area contributed by atoms with E-state index in [9.17, 15) is 4.79 Å². The van der Waals surface area contributed by atoms with Gasteiger partial charge in [0, 0.05) is 12.1 Å². The number of alkyl halides is 1. The van der Waals surface area contributed by atoms with Crippen LogP contribution in [0.5, 0.6) is 0 Å². The maximum Gasteiger partial charge on any atom is 0.224 e. The second-order valence-electron chi connectivity index (χ2n) is 4.35. The average molecular weight is 240 g/mol. The van der Waals surface area contributed by atoms with Crippen LogP contribution in [0.3, 0.4) is 0 Å². The monoisotopic (exact) mass is 239 g/mol. The Morgan fingerprint density at radius 1 is 1.31 bits per heavy atom. The average Bonchev–Trinajstić information content (AvgIpc) is 2.16. The van der Waals surface area contributed by atoms with Crippen LogP contribution in [0.25, 0.3) is 0 Å². The number of rotatable bonds is 4. The summed E-state index contributed by atoms with van der Waals surface area (Å²) in [5.74, 6) is 0.403. The summed E-state index contributed by atoms with van der Waals surface area (Å²) in [5.41, 5.74) is 1.77. The Morgan fingerprint density at radius 2 is 1.94 bits per heavy atom. The molecule has 0 radical (unpaired) electrons. The summed E-state index contributed by atoms with van der Waals surface area (Å²) >= 11 is 6.05. The lowest BCUT2D eigenvalue weighted by Crippen LogP contribution is -2.15. The van der Waals surface area contributed by atoms with Crippen LogP contribution in [0.2, 0.25) is 0 Å². The summed E-state index contributed by atoms with van der Waals surface area (Å²) in [4.78, 5) is 11.6. The zero-order valence-electron chi connectivity index (χ0n) is 9.96. The molecule has 0 bridgehead atoms. The number of nitrogens with one attached hydrogen (secondary N) is 1. The number of carbonyl (C=O) groups excluding carboxylic acids is 1. The van der Waals surface area contributed by atoms with Gasteiger partial charge in [-0.3, -0.25) is 4.79 Å². The molecular formula is C13H18ClNO. The smallest absolute Gasteiger partial charge is 0.224 e. The van der Waals surface area contributed by atoms with Gasteiger partial charge < -0.3 is 5.32 Å². The first-order chi connectivity index (χ1) is 7.50. The van der Waals surface area contributed by atoms with Gasteiger partial charge in [-0.15, -0.1) is 11.6 Å². The van der Waals surface area contributed by atoms with Gasteiger partial charge in [-0.1, -0.05) is 32.0 Å². The van der Waals surface area contributed by atoms with E-state index in [1.165, 1.54) is 0 Å². The number of hydrogen-bond acceptors (Lipinski definition) is 1. The molecule has 1 aromatic rings. The third-order valence-corrected chi connectivity index (χ3v) is 2.49. The van der Waals surface area contributed by atoms with E-state index in [0.717, 1.165) is 11.3 Å². The van der Waals surface area contributed by atoms with E-state index in [2.05, 4.69) is 5.32 Å². The van der Waals surface area contributed by atoms with Gasteiger partial charge in [0.05, 0.1) is 5.38 Å². The lowest BCUT2D eigenvalue weighted by atomic mass is 10.1. The fraction of sp³-hybridized carbons (Fsp3) is 0.462. The molecule has 0 fully saturated rings. The zero-order valence-corrected chi connectivity index (χ0v) is 10.7. The fourth-order valence-electron chi connectivity index (χ4n) is 1.53. The summed E-state index contributed by atoms with van der Waals surface area (Å²) in [6, 6.07) is 7.63. The maximum atomic E-state index is 11.6. The first-order valence-corrected chi connectivity index (χ1v) is 5.97. The van der Waals surface area contributed by atoms with Crippen LogP contribution >= 0.6 is 11.6 Å². The zero-order chi connectivity index (χ0) is 12.1. The Bertz CT molecular complexity index is 361. The quantitative estimate of drug-likeness (QED) is 0.792. The van der Waals surface area contributed by atoms with Crippen molar-refractivity contribution >= 4 is 23.2 Å². The minimum Gasteiger partial charge on any atom is -0.326 e. The molecule has 0 aliphatic carbocycles. The van der Waals surface area contributed by atoms with Gasteiger partial charge in [-0.05, 0) is 24.5 Å². The molecular weight excluding hydrogens is 222 g/mol. The molecule has 1 aromatic carbocycles. The molecule has 0 saturated carbocycles. The van der Waals surface area contributed by atoms with Crippen LogP contribution in [-0.2, 0) is 4.79 Å². The molecule has 0 aliphatic rings. The Hall–Kier alpha value is -1.02. The van der Waals surface area contributed by atoms with E-state index in [-0.39, 0.29) is 11.3 Å². The van der Waals surface area contributed by atoms with E-state index in [0.29, 0.717) is 12.3 Å². The standard InChI is InChI=1S/C13H18ClNO/c1-9(2)8-13(16)15-12-7-5-4-6-11(12)10(3)14/h4-7,9-10H,8H2,1-3H3,(H,15,16). The van der Waals surface area contributed by atoms with Crippen LogP contribution in [0.4, 0.5) is 5.69 Å². The molecule has 3 heteroatoms. The molecule has 16 heavy (non-hydrogen) atoms. The van der Waals surface area contributed by atoms with Gasteiger partial charge in [0.15, 0.2) is 0 Å². The maximum absolute atomic E-state index is 11.6. The highest BCUT2D eigenvalue weighted by molar-refractivity contribution is 6.21. The van der Waals surface area contributed by atoms with Gasteiger partial charge in [0.1, 0.15) is 0 Å². The molecule has 0 heterocycles. The van der Waals surface area contributed by atoms with Crippen LogP contribution in [0.1, 0.15) is 38.1 Å². The SMILES string of the molecule is CC(C)CC(=O)Nc1ccccc1C(C)Cl. The van der Waals surface area contributed by atoms with Crippen molar-refractivity contribution in [1.82, 2.24) is 0 Å². The first kappa shape index (κ1) is 13.0. The molecule has 1 N–H and O–H groups in total. The van der Waals surface area contributed by atoms with Gasteiger partial charge in [0.2, 0.25) is 5.91 Å². The number of para-hydroxylation sites is 1. The van der Waals surface area contributed by atoms with E-state index in [4.69, 9.17) is 11.6 Å². The van der Waals surface area contributed by atoms with Crippen molar-refractivity contribution in [1.29, 1.82) is 0 Å². The van der Waals surface area contributed by atoms with Crippen LogP contribution < -0.4 is 5.32 Å². The molecule has 0 saturated heterocycles. The molecule has 0 aromatic heterocycles. The summed E-state index contributed by atoms with van der Waals surface area (Å²) in [6.07, 6.45) is 0.533. The highest BCUT2D eigenvalue weighted by atomic mass is 35.5. The Balaban J connectivity index is 2.77. The van der Waals surface area contributed by atoms with E-state index in [1.807, 2.05) is 45.0 Å². The summed E-state index contributed by atoms with van der Waals surface area (Å²) < 4.78 is 0. The van der Waals surface area contributed by atoms with Gasteiger partial charge in [-0.2, -0.15) is 0 Å². The highest BCUT2D eigenvalue weighted by Crippen LogP contribution is 2.27.